The van der Waals surface area contributed by atoms with Gasteiger partial charge in [0, 0.05) is 11.0 Å². The normalized spacial score (nSPS) is 11.9. The molecule has 1 amide bonds. The van der Waals surface area contributed by atoms with Crippen molar-refractivity contribution in [3.63, 3.8) is 0 Å². The number of nitrogens with one attached hydrogen (secondary N) is 1. The van der Waals surface area contributed by atoms with Gasteiger partial charge in [0.1, 0.15) is 5.75 Å². The van der Waals surface area contributed by atoms with Crippen LogP contribution >= 0.6 is 15.9 Å². The van der Waals surface area contributed by atoms with Crippen molar-refractivity contribution >= 4 is 21.8 Å². The van der Waals surface area contributed by atoms with Crippen molar-refractivity contribution in [1.82, 2.24) is 5.32 Å². The van der Waals surface area contributed by atoms with Crippen molar-refractivity contribution in [3.05, 3.63) is 28.7 Å². The molecule has 1 unspecified atom stereocenters. The molecule has 0 fully saturated rings. The maximum absolute atomic E-state index is 11.4. The van der Waals surface area contributed by atoms with E-state index in [1.165, 1.54) is 0 Å². The van der Waals surface area contributed by atoms with Gasteiger partial charge in [-0.1, -0.05) is 15.9 Å². The minimum Gasteiger partial charge on any atom is -0.493 e. The first kappa shape index (κ1) is 15.0. The summed E-state index contributed by atoms with van der Waals surface area (Å²) in [5.41, 5.74) is 0. The van der Waals surface area contributed by atoms with E-state index in [-0.39, 0.29) is 12.0 Å². The van der Waals surface area contributed by atoms with Crippen LogP contribution in [0.1, 0.15) is 19.8 Å². The number of rotatable bonds is 7. The number of hydrogen-bond donors (Lipinski definition) is 2. The second kappa shape index (κ2) is 8.11. The zero-order valence-corrected chi connectivity index (χ0v) is 11.9. The van der Waals surface area contributed by atoms with Gasteiger partial charge in [-0.2, -0.15) is 0 Å². The Morgan fingerprint density at radius 1 is 1.44 bits per heavy atom. The van der Waals surface area contributed by atoms with Crippen LogP contribution in [-0.2, 0) is 4.79 Å². The molecule has 0 bridgehead atoms. The fourth-order valence-electron chi connectivity index (χ4n) is 1.30. The summed E-state index contributed by atoms with van der Waals surface area (Å²) in [5.74, 6) is 0.683. The molecule has 1 aromatic carbocycles. The summed E-state index contributed by atoms with van der Waals surface area (Å²) in [6.45, 7) is 2.54. The van der Waals surface area contributed by atoms with Gasteiger partial charge in [0.2, 0.25) is 5.91 Å². The average Bonchev–Trinajstić information content (AvgIpc) is 2.31. The molecule has 1 aromatic rings. The van der Waals surface area contributed by atoms with Gasteiger partial charge in [0.15, 0.2) is 0 Å². The Hall–Kier alpha value is -1.07. The third kappa shape index (κ3) is 6.61. The number of amides is 1. The Morgan fingerprint density at radius 3 is 2.72 bits per heavy atom. The minimum absolute atomic E-state index is 0.0623. The van der Waals surface area contributed by atoms with E-state index in [4.69, 9.17) is 9.84 Å². The Bertz CT molecular complexity index is 365. The largest absolute Gasteiger partial charge is 0.493 e. The smallest absolute Gasteiger partial charge is 0.223 e. The molecule has 4 nitrogen and oxygen atoms in total. The third-order valence-electron chi connectivity index (χ3n) is 2.30. The van der Waals surface area contributed by atoms with Crippen LogP contribution in [0.5, 0.6) is 5.75 Å². The predicted octanol–water partition coefficient (Wildman–Crippen LogP) is 2.11. The van der Waals surface area contributed by atoms with Crippen molar-refractivity contribution in [2.45, 2.75) is 25.9 Å². The fourth-order valence-corrected chi connectivity index (χ4v) is 1.57. The van der Waals surface area contributed by atoms with Crippen molar-refractivity contribution in [2.24, 2.45) is 0 Å². The van der Waals surface area contributed by atoms with Crippen LogP contribution in [-0.4, -0.2) is 30.3 Å². The SMILES string of the molecule is CC(O)CCNC(=O)CCOc1ccc(Br)cc1. The average molecular weight is 316 g/mol. The summed E-state index contributed by atoms with van der Waals surface area (Å²) in [5, 5.41) is 11.8. The number of halogens is 1. The van der Waals surface area contributed by atoms with Crippen LogP contribution in [0.2, 0.25) is 0 Å². The number of aliphatic hydroxyl groups excluding tert-OH is 1. The molecular formula is C13H18BrNO3. The fraction of sp³-hybridized carbons (Fsp3) is 0.462. The molecule has 0 saturated carbocycles. The number of carbonyl (C=O) groups excluding carboxylic acids is 1. The molecule has 5 heteroatoms. The first-order valence-corrected chi connectivity index (χ1v) is 6.70. The van der Waals surface area contributed by atoms with Crippen LogP contribution in [0.15, 0.2) is 28.7 Å². The quantitative estimate of drug-likeness (QED) is 0.810. The summed E-state index contributed by atoms with van der Waals surface area (Å²) in [6.07, 6.45) is 0.499. The predicted molar refractivity (Wildman–Crippen MR) is 73.6 cm³/mol. The Balaban J connectivity index is 2.13. The first-order chi connectivity index (χ1) is 8.58. The molecule has 0 saturated heterocycles. The second-order valence-corrected chi connectivity index (χ2v) is 4.96. The molecule has 0 radical (unpaired) electrons. The number of hydrogen-bond acceptors (Lipinski definition) is 3. The van der Waals surface area contributed by atoms with Gasteiger partial charge in [0.25, 0.3) is 0 Å². The Morgan fingerprint density at radius 2 is 2.11 bits per heavy atom. The van der Waals surface area contributed by atoms with Crippen LogP contribution in [0.3, 0.4) is 0 Å². The highest BCUT2D eigenvalue weighted by Gasteiger charge is 2.02. The topological polar surface area (TPSA) is 58.6 Å². The lowest BCUT2D eigenvalue weighted by atomic mass is 10.3. The summed E-state index contributed by atoms with van der Waals surface area (Å²) >= 11 is 3.34. The summed E-state index contributed by atoms with van der Waals surface area (Å²) < 4.78 is 6.42. The lowest BCUT2D eigenvalue weighted by Crippen LogP contribution is -2.27. The Kier molecular flexibility index (Phi) is 6.75. The molecule has 0 aliphatic heterocycles. The van der Waals surface area contributed by atoms with Crippen molar-refractivity contribution < 1.29 is 14.6 Å². The molecule has 1 rings (SSSR count). The van der Waals surface area contributed by atoms with Gasteiger partial charge in [-0.15, -0.1) is 0 Å². The highest BCUT2D eigenvalue weighted by atomic mass is 79.9. The van der Waals surface area contributed by atoms with Crippen LogP contribution < -0.4 is 10.1 Å². The van der Waals surface area contributed by atoms with E-state index in [0.29, 0.717) is 26.0 Å². The molecule has 0 aliphatic rings. The lowest BCUT2D eigenvalue weighted by molar-refractivity contribution is -0.121. The van der Waals surface area contributed by atoms with Gasteiger partial charge in [-0.25, -0.2) is 0 Å². The van der Waals surface area contributed by atoms with Gasteiger partial charge >= 0.3 is 0 Å². The van der Waals surface area contributed by atoms with E-state index in [1.807, 2.05) is 24.3 Å². The standard InChI is InChI=1S/C13H18BrNO3/c1-10(16)6-8-15-13(17)7-9-18-12-4-2-11(14)3-5-12/h2-5,10,16H,6-9H2,1H3,(H,15,17). The van der Waals surface area contributed by atoms with E-state index >= 15 is 0 Å². The summed E-state index contributed by atoms with van der Waals surface area (Å²) in [6, 6.07) is 7.46. The zero-order chi connectivity index (χ0) is 13.4. The van der Waals surface area contributed by atoms with Gasteiger partial charge in [0.05, 0.1) is 19.1 Å². The highest BCUT2D eigenvalue weighted by Crippen LogP contribution is 2.16. The number of benzene rings is 1. The second-order valence-electron chi connectivity index (χ2n) is 4.04. The number of carbonyl (C=O) groups is 1. The highest BCUT2D eigenvalue weighted by molar-refractivity contribution is 9.10. The molecular weight excluding hydrogens is 298 g/mol. The van der Waals surface area contributed by atoms with Gasteiger partial charge in [-0.05, 0) is 37.6 Å². The number of ether oxygens (including phenoxy) is 1. The maximum atomic E-state index is 11.4. The zero-order valence-electron chi connectivity index (χ0n) is 10.4. The first-order valence-electron chi connectivity index (χ1n) is 5.91. The maximum Gasteiger partial charge on any atom is 0.223 e. The molecule has 18 heavy (non-hydrogen) atoms. The van der Waals surface area contributed by atoms with Crippen LogP contribution in [0, 0.1) is 0 Å². The van der Waals surface area contributed by atoms with E-state index in [1.54, 1.807) is 6.92 Å². The van der Waals surface area contributed by atoms with Gasteiger partial charge in [-0.3, -0.25) is 4.79 Å². The molecule has 1 atom stereocenters. The Labute approximate surface area is 115 Å². The van der Waals surface area contributed by atoms with E-state index in [0.717, 1.165) is 10.2 Å². The van der Waals surface area contributed by atoms with E-state index < -0.39 is 0 Å². The van der Waals surface area contributed by atoms with Crippen molar-refractivity contribution in [3.8, 4) is 5.75 Å². The summed E-state index contributed by atoms with van der Waals surface area (Å²) in [4.78, 5) is 11.4. The molecule has 0 aromatic heterocycles. The molecule has 100 valence electrons. The molecule has 0 spiro atoms. The van der Waals surface area contributed by atoms with E-state index in [9.17, 15) is 4.79 Å². The summed E-state index contributed by atoms with van der Waals surface area (Å²) in [7, 11) is 0. The van der Waals surface area contributed by atoms with Crippen molar-refractivity contribution in [2.75, 3.05) is 13.2 Å². The van der Waals surface area contributed by atoms with Crippen LogP contribution in [0.4, 0.5) is 0 Å². The third-order valence-corrected chi connectivity index (χ3v) is 2.82. The van der Waals surface area contributed by atoms with Gasteiger partial charge < -0.3 is 15.2 Å². The lowest BCUT2D eigenvalue weighted by Gasteiger charge is -2.08. The molecule has 0 aliphatic carbocycles. The minimum atomic E-state index is -0.385. The molecule has 0 heterocycles. The molecule has 2 N–H and O–H groups in total. The van der Waals surface area contributed by atoms with Crippen LogP contribution in [0.25, 0.3) is 0 Å². The monoisotopic (exact) mass is 315 g/mol. The van der Waals surface area contributed by atoms with E-state index in [2.05, 4.69) is 21.2 Å². The van der Waals surface area contributed by atoms with Crippen molar-refractivity contribution in [1.29, 1.82) is 0 Å². The number of aliphatic hydroxyl groups is 1.